The fourth-order valence-electron chi connectivity index (χ4n) is 7.84. The Morgan fingerprint density at radius 1 is 0.420 bits per heavy atom. The minimum atomic E-state index is -1.56. The second-order valence-corrected chi connectivity index (χ2v) is 32.3. The third kappa shape index (κ3) is 25.3. The van der Waals surface area contributed by atoms with Crippen LogP contribution in [0.2, 0.25) is 0 Å². The first kappa shape index (κ1) is 98.0. The number of hydrogen-bond acceptors (Lipinski definition) is 21. The summed E-state index contributed by atoms with van der Waals surface area (Å²) < 4.78 is 3.35. The molecule has 0 bridgehead atoms. The number of nitrogens with one attached hydrogen (secondary N) is 9. The van der Waals surface area contributed by atoms with E-state index in [1.807, 2.05) is 158 Å². The van der Waals surface area contributed by atoms with Crippen molar-refractivity contribution in [3.63, 3.8) is 0 Å². The van der Waals surface area contributed by atoms with E-state index in [1.54, 1.807) is 120 Å². The summed E-state index contributed by atoms with van der Waals surface area (Å²) in [5.74, 6) is -8.60. The topological polar surface area (TPSA) is 504 Å². The Hall–Kier alpha value is -0.0400. The molecule has 0 spiro atoms. The first-order valence-corrected chi connectivity index (χ1v) is 40.2. The average molecular weight is 2750 g/mol. The van der Waals surface area contributed by atoms with Crippen molar-refractivity contribution in [2.24, 2.45) is 0 Å². The molecular weight excluding hydrogens is 2700 g/mol. The molecule has 45 heteroatoms. The van der Waals surface area contributed by atoms with Crippen molar-refractivity contribution in [2.75, 3.05) is 108 Å². The second-order valence-electron chi connectivity index (χ2n) is 19.4. The molecule has 4 rings (SSSR count). The van der Waals surface area contributed by atoms with Gasteiger partial charge >= 0.3 is 35.5 Å². The molecule has 0 aliphatic rings. The van der Waals surface area contributed by atoms with Gasteiger partial charge < -0.3 is 108 Å². The molecule has 0 aromatic heterocycles. The maximum Gasteiger partial charge on any atom is 1.00 e. The van der Waals surface area contributed by atoms with Crippen LogP contribution in [0.15, 0.2) is 0 Å². The van der Waals surface area contributed by atoms with E-state index in [1.165, 1.54) is 51.8 Å². The van der Waals surface area contributed by atoms with Crippen molar-refractivity contribution in [3.8, 4) is 0 Å². The van der Waals surface area contributed by atoms with Gasteiger partial charge in [0.2, 0.25) is 23.6 Å². The molecular formula is C55H58I12N11NaO21. The van der Waals surface area contributed by atoms with Crippen LogP contribution < -0.4 is 92.3 Å². The van der Waals surface area contributed by atoms with Gasteiger partial charge in [-0.15, -0.1) is 0 Å². The Morgan fingerprint density at radius 3 is 0.990 bits per heavy atom. The molecule has 0 saturated carbocycles. The first-order valence-electron chi connectivity index (χ1n) is 27.2. The number of aliphatic hydroxyl groups is 7. The molecule has 17 N–H and O–H groups in total. The van der Waals surface area contributed by atoms with Crippen LogP contribution in [0.5, 0.6) is 0 Å². The van der Waals surface area contributed by atoms with E-state index in [4.69, 9.17) is 30.6 Å². The molecule has 100 heavy (non-hydrogen) atoms. The van der Waals surface area contributed by atoms with E-state index in [0.717, 1.165) is 0 Å². The number of hydrogen-bond donors (Lipinski definition) is 17. The molecule has 10 amide bonds. The van der Waals surface area contributed by atoms with Gasteiger partial charge in [-0.05, 0) is 278 Å². The number of amides is 10. The van der Waals surface area contributed by atoms with Crippen molar-refractivity contribution in [1.29, 1.82) is 0 Å². The largest absolute Gasteiger partial charge is 1.00 e. The monoisotopic (exact) mass is 2750 g/mol. The van der Waals surface area contributed by atoms with E-state index in [2.05, 4.69) is 47.9 Å². The van der Waals surface area contributed by atoms with Crippen molar-refractivity contribution < 1.29 is 133 Å². The van der Waals surface area contributed by atoms with Crippen molar-refractivity contribution >= 4 is 365 Å². The van der Waals surface area contributed by atoms with E-state index >= 15 is 0 Å². The van der Waals surface area contributed by atoms with Gasteiger partial charge in [0.15, 0.2) is 0 Å². The Labute approximate surface area is 756 Å². The van der Waals surface area contributed by atoms with Gasteiger partial charge in [0.1, 0.15) is 18.3 Å². The van der Waals surface area contributed by atoms with Crippen LogP contribution in [0.1, 0.15) is 96.7 Å². The van der Waals surface area contributed by atoms with E-state index in [9.17, 15) is 72.9 Å². The minimum Gasteiger partial charge on any atom is -0.545 e. The summed E-state index contributed by atoms with van der Waals surface area (Å²) in [6.45, 7) is 0.213. The van der Waals surface area contributed by atoms with Gasteiger partial charge in [-0.2, -0.15) is 0 Å². The molecule has 4 aromatic rings. The van der Waals surface area contributed by atoms with E-state index in [0.29, 0.717) is 32.8 Å². The summed E-state index contributed by atoms with van der Waals surface area (Å²) in [6, 6.07) is 0. The van der Waals surface area contributed by atoms with Gasteiger partial charge in [-0.3, -0.25) is 47.9 Å². The smallest absolute Gasteiger partial charge is 0.545 e. The molecule has 0 radical (unpaired) electrons. The zero-order valence-electron chi connectivity index (χ0n) is 52.8. The van der Waals surface area contributed by atoms with Gasteiger partial charge in [-0.25, -0.2) is 4.79 Å². The summed E-state index contributed by atoms with van der Waals surface area (Å²) in [7, 11) is 7.49. The van der Waals surface area contributed by atoms with Crippen molar-refractivity contribution in [2.45, 2.75) is 38.3 Å². The van der Waals surface area contributed by atoms with Crippen LogP contribution in [0.4, 0.5) is 22.7 Å². The number of anilines is 4. The molecule has 4 atom stereocenters. The van der Waals surface area contributed by atoms with E-state index in [-0.39, 0.29) is 152 Å². The summed E-state index contributed by atoms with van der Waals surface area (Å²) in [5.41, 5.74) is 0.846. The molecule has 32 nitrogen and oxygen atoms in total. The molecule has 0 unspecified atom stereocenters. The second kappa shape index (κ2) is 46.5. The van der Waals surface area contributed by atoms with Gasteiger partial charge in [0.05, 0.1) is 132 Å². The number of carboxylic acid groups (broad SMARTS) is 2. The Kier molecular flexibility index (Phi) is 45.5. The van der Waals surface area contributed by atoms with Crippen molar-refractivity contribution in [3.05, 3.63) is 87.3 Å². The number of aliphatic hydroxyl groups excluding tert-OH is 7. The third-order valence-corrected chi connectivity index (χ3v) is 25.8. The number of rotatable bonds is 26. The molecule has 0 aliphatic heterocycles. The van der Waals surface area contributed by atoms with Crippen LogP contribution in [0, 0.1) is 42.8 Å². The number of halogens is 12. The number of likely N-dealkylation sites (N-methyl/N-ethyl adjacent to an activating group) is 1. The molecule has 0 aliphatic carbocycles. The number of carboxylic acids is 2. The zero-order chi connectivity index (χ0) is 76.3. The summed E-state index contributed by atoms with van der Waals surface area (Å²) in [4.78, 5) is 155. The summed E-state index contributed by atoms with van der Waals surface area (Å²) in [6.07, 6.45) is -5.65. The normalized spacial score (nSPS) is 11.8. The Morgan fingerprint density at radius 2 is 0.700 bits per heavy atom. The van der Waals surface area contributed by atoms with Crippen LogP contribution >= 0.6 is 271 Å². The Bertz CT molecular complexity index is 3640. The van der Waals surface area contributed by atoms with Crippen LogP contribution in [-0.4, -0.2) is 224 Å². The van der Waals surface area contributed by atoms with Crippen molar-refractivity contribution in [1.82, 2.24) is 37.2 Å². The molecule has 4 aromatic carbocycles. The van der Waals surface area contributed by atoms with Crippen LogP contribution in [0.25, 0.3) is 0 Å². The maximum atomic E-state index is 13.4. The average Bonchev–Trinajstić information content (AvgIpc) is 0.785. The minimum absolute atomic E-state index is 0. The van der Waals surface area contributed by atoms with Gasteiger partial charge in [0.25, 0.3) is 35.4 Å². The number of benzene rings is 4. The van der Waals surface area contributed by atoms with Gasteiger partial charge in [-0.1, -0.05) is 0 Å². The standard InChI is InChI=1S/2C24H21I6N5O8.C7H17NO5.Na/c2*1-7(37)35(3)20-17(29)10(21(39)31-2)13(25)11(18(20)30)23(41)33-6-8(38)34-19-15(27)9(22(40)32-4-5-36)14(26)12(16(19)28)24(42)43;1-8-2-4(10)6(12)7(13)5(11)3-9;/h2*36H,4-6H2,1-3H3,(H,31,39)(H,32,40)(H,33,41)(H,34,38)(H,42,43);4-13H,2-3H2,1H3;/q;;;+1/p-1/t;;4-,5+,6+,7+;/m..0./s1. The molecule has 544 valence electrons. The Balaban J connectivity index is 0.000000841. The number of aromatic carboxylic acids is 2. The van der Waals surface area contributed by atoms with Crippen LogP contribution in [0.3, 0.4) is 0 Å². The number of carbonyl (C=O) groups is 12. The predicted molar refractivity (Wildman–Crippen MR) is 460 cm³/mol. The number of nitrogens with zero attached hydrogens (tertiary/aromatic N) is 2. The number of carbonyl (C=O) groups excluding carboxylic acids is 11. The summed E-state index contributed by atoms with van der Waals surface area (Å²) in [5, 5.41) is 108. The fraction of sp³-hybridized carbons (Fsp3) is 0.345. The third-order valence-electron chi connectivity index (χ3n) is 13.0. The first-order chi connectivity index (χ1) is 46.1. The SMILES string of the molecule is CNC(=O)c1c(I)c(C(=O)NCC(=O)Nc2c(I)c(C(=O)O)c(I)c(C(=O)NCCO)c2I)c(I)c(N(C)C(C)=O)c1I.CNC(=O)c1c(I)c(C(=O)NCC(=O)Nc2c(I)c(C(=O)[O-])c(I)c(C(=O)NCCO)c2I)c(I)c(N(C)C(C)=O)c1I.CNC[C@H](O)[C@@H](O)[C@H](O)[C@H](O)CO.[Na+]. The molecule has 0 fully saturated rings. The van der Waals surface area contributed by atoms with E-state index < -0.39 is 103 Å². The maximum absolute atomic E-state index is 13.4. The molecule has 0 saturated heterocycles. The van der Waals surface area contributed by atoms with Crippen LogP contribution in [-0.2, 0) is 19.2 Å². The molecule has 0 heterocycles. The predicted octanol–water partition coefficient (Wildman–Crippen LogP) is -0.798. The summed E-state index contributed by atoms with van der Waals surface area (Å²) >= 11 is 22.0. The zero-order valence-corrected chi connectivity index (χ0v) is 80.7. The quantitative estimate of drug-likeness (QED) is 0.0270. The fourth-order valence-corrected chi connectivity index (χ4v) is 26.3. The van der Waals surface area contributed by atoms with Gasteiger partial charge in [0, 0.05) is 85.1 Å².